The van der Waals surface area contributed by atoms with E-state index in [-0.39, 0.29) is 24.6 Å². The van der Waals surface area contributed by atoms with Gasteiger partial charge < -0.3 is 19.1 Å². The third kappa shape index (κ3) is 3.36. The lowest BCUT2D eigenvalue weighted by atomic mass is 10.1. The van der Waals surface area contributed by atoms with Crippen molar-refractivity contribution in [2.24, 2.45) is 0 Å². The Bertz CT molecular complexity index is 646. The number of benzene rings is 1. The summed E-state index contributed by atoms with van der Waals surface area (Å²) in [5, 5.41) is 0.572. The molecule has 0 saturated heterocycles. The summed E-state index contributed by atoms with van der Waals surface area (Å²) in [6.07, 6.45) is 0. The second-order valence-electron chi connectivity index (χ2n) is 4.31. The number of carbonyl (C=O) groups excluding carboxylic acids is 2. The third-order valence-electron chi connectivity index (χ3n) is 3.03. The monoisotopic (exact) mass is 437 g/mol. The van der Waals surface area contributed by atoms with E-state index in [2.05, 4.69) is 22.6 Å². The number of hydrogen-bond acceptors (Lipinski definition) is 6. The van der Waals surface area contributed by atoms with E-state index in [1.807, 2.05) is 0 Å². The highest BCUT2D eigenvalue weighted by atomic mass is 127. The fourth-order valence-corrected chi connectivity index (χ4v) is 3.20. The van der Waals surface area contributed by atoms with Crippen LogP contribution in [0.5, 0.6) is 0 Å². The van der Waals surface area contributed by atoms with Crippen LogP contribution in [-0.2, 0) is 23.8 Å². The highest BCUT2D eigenvalue weighted by Gasteiger charge is 2.33. The zero-order valence-electron chi connectivity index (χ0n) is 11.9. The molecule has 0 bridgehead atoms. The van der Waals surface area contributed by atoms with Crippen molar-refractivity contribution in [3.8, 4) is 0 Å². The SMILES string of the molecule is COC(=O)C1=C(C(=O)OC)N(c2ccc(Cl)cc2I)COC1. The summed E-state index contributed by atoms with van der Waals surface area (Å²) in [4.78, 5) is 25.6. The van der Waals surface area contributed by atoms with E-state index in [1.165, 1.54) is 14.2 Å². The van der Waals surface area contributed by atoms with Gasteiger partial charge in [-0.05, 0) is 40.8 Å². The molecule has 1 aromatic carbocycles. The number of methoxy groups -OCH3 is 2. The van der Waals surface area contributed by atoms with E-state index >= 15 is 0 Å². The maximum Gasteiger partial charge on any atom is 0.355 e. The quantitative estimate of drug-likeness (QED) is 0.534. The van der Waals surface area contributed by atoms with E-state index in [4.69, 9.17) is 25.8 Å². The molecule has 22 heavy (non-hydrogen) atoms. The van der Waals surface area contributed by atoms with Gasteiger partial charge in [-0.1, -0.05) is 11.6 Å². The predicted molar refractivity (Wildman–Crippen MR) is 88.5 cm³/mol. The van der Waals surface area contributed by atoms with Gasteiger partial charge in [0.15, 0.2) is 0 Å². The molecule has 0 aromatic heterocycles. The number of halogens is 2. The fraction of sp³-hybridized carbons (Fsp3) is 0.286. The van der Waals surface area contributed by atoms with E-state index in [0.717, 1.165) is 3.57 Å². The van der Waals surface area contributed by atoms with Crippen LogP contribution in [0.4, 0.5) is 5.69 Å². The Hall–Kier alpha value is -1.32. The lowest BCUT2D eigenvalue weighted by molar-refractivity contribution is -0.140. The van der Waals surface area contributed by atoms with Crippen molar-refractivity contribution in [3.05, 3.63) is 38.1 Å². The Balaban J connectivity index is 2.57. The lowest BCUT2D eigenvalue weighted by Gasteiger charge is -2.31. The average molecular weight is 438 g/mol. The van der Waals surface area contributed by atoms with Gasteiger partial charge in [-0.3, -0.25) is 0 Å². The molecular formula is C14H13ClINO5. The summed E-state index contributed by atoms with van der Waals surface area (Å²) >= 11 is 8.05. The maximum absolute atomic E-state index is 12.1. The Morgan fingerprint density at radius 2 is 1.95 bits per heavy atom. The highest BCUT2D eigenvalue weighted by Crippen LogP contribution is 2.31. The molecule has 2 rings (SSSR count). The molecule has 8 heteroatoms. The first-order chi connectivity index (χ1) is 10.5. The summed E-state index contributed by atoms with van der Waals surface area (Å²) in [5.41, 5.74) is 0.915. The van der Waals surface area contributed by atoms with Gasteiger partial charge in [0.2, 0.25) is 0 Å². The van der Waals surface area contributed by atoms with E-state index in [0.29, 0.717) is 10.7 Å². The number of hydrogen-bond donors (Lipinski definition) is 0. The van der Waals surface area contributed by atoms with Crippen LogP contribution in [0.2, 0.25) is 5.02 Å². The smallest absolute Gasteiger partial charge is 0.355 e. The maximum atomic E-state index is 12.1. The second kappa shape index (κ2) is 7.30. The van der Waals surface area contributed by atoms with Gasteiger partial charge in [0.25, 0.3) is 0 Å². The lowest BCUT2D eigenvalue weighted by Crippen LogP contribution is -2.39. The summed E-state index contributed by atoms with van der Waals surface area (Å²) < 4.78 is 15.7. The molecule has 1 aliphatic heterocycles. The van der Waals surface area contributed by atoms with Crippen molar-refractivity contribution in [1.29, 1.82) is 0 Å². The standard InChI is InChI=1S/C14H13ClINO5/c1-20-13(18)9-6-22-7-17(12(9)14(19)21-2)11-4-3-8(15)5-10(11)16/h3-5H,6-7H2,1-2H3. The molecule has 0 radical (unpaired) electrons. The Morgan fingerprint density at radius 3 is 2.55 bits per heavy atom. The molecule has 6 nitrogen and oxygen atoms in total. The second-order valence-corrected chi connectivity index (χ2v) is 5.91. The molecule has 0 saturated carbocycles. The van der Waals surface area contributed by atoms with Gasteiger partial charge in [0.05, 0.1) is 32.1 Å². The molecule has 0 N–H and O–H groups in total. The Labute approximate surface area is 146 Å². The Kier molecular flexibility index (Phi) is 5.65. The van der Waals surface area contributed by atoms with Crippen molar-refractivity contribution in [3.63, 3.8) is 0 Å². The van der Waals surface area contributed by atoms with E-state index in [9.17, 15) is 9.59 Å². The van der Waals surface area contributed by atoms with Crippen molar-refractivity contribution in [2.45, 2.75) is 0 Å². The van der Waals surface area contributed by atoms with Crippen LogP contribution in [0, 0.1) is 3.57 Å². The van der Waals surface area contributed by atoms with Crippen molar-refractivity contribution >= 4 is 51.8 Å². The molecule has 0 fully saturated rings. The molecule has 0 amide bonds. The number of anilines is 1. The van der Waals surface area contributed by atoms with Gasteiger partial charge in [0, 0.05) is 8.59 Å². The normalized spacial score (nSPS) is 14.8. The topological polar surface area (TPSA) is 65.1 Å². The molecule has 0 atom stereocenters. The minimum atomic E-state index is -0.630. The van der Waals surface area contributed by atoms with Gasteiger partial charge >= 0.3 is 11.9 Å². The van der Waals surface area contributed by atoms with Gasteiger partial charge in [-0.15, -0.1) is 0 Å². The summed E-state index contributed by atoms with van der Waals surface area (Å²) in [5.74, 6) is -1.26. The molecule has 0 aliphatic carbocycles. The van der Waals surface area contributed by atoms with Crippen LogP contribution in [0.1, 0.15) is 0 Å². The molecule has 0 unspecified atom stereocenters. The van der Waals surface area contributed by atoms with Crippen molar-refractivity contribution < 1.29 is 23.8 Å². The van der Waals surface area contributed by atoms with Crippen LogP contribution in [0.3, 0.4) is 0 Å². The number of rotatable bonds is 3. The average Bonchev–Trinajstić information content (AvgIpc) is 2.52. The number of nitrogens with zero attached hydrogens (tertiary/aromatic N) is 1. The summed E-state index contributed by atoms with van der Waals surface area (Å²) in [7, 11) is 2.50. The van der Waals surface area contributed by atoms with Crippen LogP contribution >= 0.6 is 34.2 Å². The van der Waals surface area contributed by atoms with Gasteiger partial charge in [-0.25, -0.2) is 9.59 Å². The molecule has 0 spiro atoms. The molecular weight excluding hydrogens is 425 g/mol. The van der Waals surface area contributed by atoms with Crippen LogP contribution in [0.15, 0.2) is 29.5 Å². The minimum absolute atomic E-state index is 0.0161. The zero-order chi connectivity index (χ0) is 16.3. The molecule has 1 aromatic rings. The largest absolute Gasteiger partial charge is 0.466 e. The number of carbonyl (C=O) groups is 2. The fourth-order valence-electron chi connectivity index (χ4n) is 2.03. The van der Waals surface area contributed by atoms with Crippen LogP contribution in [0.25, 0.3) is 0 Å². The van der Waals surface area contributed by atoms with E-state index in [1.54, 1.807) is 23.1 Å². The first-order valence-corrected chi connectivity index (χ1v) is 7.65. The molecule has 1 heterocycles. The van der Waals surface area contributed by atoms with Crippen molar-refractivity contribution in [2.75, 3.05) is 32.5 Å². The molecule has 118 valence electrons. The summed E-state index contributed by atoms with van der Waals surface area (Å²) in [6, 6.07) is 5.19. The van der Waals surface area contributed by atoms with Crippen LogP contribution in [-0.4, -0.2) is 39.5 Å². The first-order valence-electron chi connectivity index (χ1n) is 6.19. The van der Waals surface area contributed by atoms with E-state index < -0.39 is 11.9 Å². The Morgan fingerprint density at radius 1 is 1.27 bits per heavy atom. The van der Waals surface area contributed by atoms with Gasteiger partial charge in [0.1, 0.15) is 12.4 Å². The minimum Gasteiger partial charge on any atom is -0.466 e. The van der Waals surface area contributed by atoms with Crippen LogP contribution < -0.4 is 4.90 Å². The first kappa shape index (κ1) is 17.0. The number of ether oxygens (including phenoxy) is 3. The zero-order valence-corrected chi connectivity index (χ0v) is 14.8. The van der Waals surface area contributed by atoms with Gasteiger partial charge in [-0.2, -0.15) is 0 Å². The summed E-state index contributed by atoms with van der Waals surface area (Å²) in [6.45, 7) is 0.0976. The van der Waals surface area contributed by atoms with Crippen molar-refractivity contribution in [1.82, 2.24) is 0 Å². The molecule has 1 aliphatic rings. The third-order valence-corrected chi connectivity index (χ3v) is 4.13. The predicted octanol–water partition coefficient (Wildman–Crippen LogP) is 2.34. The highest BCUT2D eigenvalue weighted by molar-refractivity contribution is 14.1. The number of esters is 2.